The van der Waals surface area contributed by atoms with Crippen molar-refractivity contribution in [2.24, 2.45) is 4.99 Å². The van der Waals surface area contributed by atoms with Gasteiger partial charge in [-0.25, -0.2) is 0 Å². The van der Waals surface area contributed by atoms with Crippen molar-refractivity contribution in [1.82, 2.24) is 4.90 Å². The molecule has 0 radical (unpaired) electrons. The van der Waals surface area contributed by atoms with Gasteiger partial charge in [-0.1, -0.05) is 18.6 Å². The van der Waals surface area contributed by atoms with Gasteiger partial charge in [-0.3, -0.25) is 9.89 Å². The molecular formula is C29H39N3O2. The first-order valence-electron chi connectivity index (χ1n) is 12.9. The Morgan fingerprint density at radius 1 is 1.06 bits per heavy atom. The molecule has 5 heteroatoms. The zero-order valence-electron chi connectivity index (χ0n) is 21.5. The molecule has 0 aromatic heterocycles. The monoisotopic (exact) mass is 461 g/mol. The van der Waals surface area contributed by atoms with Gasteiger partial charge in [0.05, 0.1) is 17.9 Å². The smallest absolute Gasteiger partial charge is 0.166 e. The molecule has 34 heavy (non-hydrogen) atoms. The number of aliphatic imine (C=N–C) groups is 1. The number of nitrogens with zero attached hydrogens (tertiary/aromatic N) is 2. The normalized spacial score (nSPS) is 20.8. The fourth-order valence-electron chi connectivity index (χ4n) is 5.88. The summed E-state index contributed by atoms with van der Waals surface area (Å²) in [6.07, 6.45) is 5.60. The molecule has 2 aromatic rings. The Kier molecular flexibility index (Phi) is 5.87. The van der Waals surface area contributed by atoms with Crippen LogP contribution in [0.3, 0.4) is 0 Å². The average Bonchev–Trinajstić information content (AvgIpc) is 3.10. The third-order valence-corrected chi connectivity index (χ3v) is 7.24. The zero-order valence-corrected chi connectivity index (χ0v) is 21.5. The van der Waals surface area contributed by atoms with Crippen molar-refractivity contribution in [3.8, 4) is 11.5 Å². The van der Waals surface area contributed by atoms with E-state index in [0.29, 0.717) is 6.61 Å². The average molecular weight is 462 g/mol. The van der Waals surface area contributed by atoms with Crippen LogP contribution >= 0.6 is 0 Å². The quantitative estimate of drug-likeness (QED) is 0.594. The maximum Gasteiger partial charge on any atom is 0.166 e. The van der Waals surface area contributed by atoms with E-state index in [9.17, 15) is 0 Å². The van der Waals surface area contributed by atoms with Crippen molar-refractivity contribution in [1.29, 1.82) is 0 Å². The lowest BCUT2D eigenvalue weighted by Gasteiger charge is -2.35. The Morgan fingerprint density at radius 2 is 1.82 bits per heavy atom. The highest BCUT2D eigenvalue weighted by atomic mass is 16.5. The summed E-state index contributed by atoms with van der Waals surface area (Å²) >= 11 is 0. The van der Waals surface area contributed by atoms with Gasteiger partial charge in [-0.05, 0) is 84.7 Å². The molecule has 0 saturated carbocycles. The second-order valence-corrected chi connectivity index (χ2v) is 11.4. The highest BCUT2D eigenvalue weighted by molar-refractivity contribution is 6.16. The molecular weight excluding hydrogens is 422 g/mol. The number of piperidine rings is 1. The van der Waals surface area contributed by atoms with Gasteiger partial charge < -0.3 is 15.2 Å². The van der Waals surface area contributed by atoms with Crippen LogP contribution in [-0.4, -0.2) is 41.4 Å². The third kappa shape index (κ3) is 4.31. The second-order valence-electron chi connectivity index (χ2n) is 11.4. The van der Waals surface area contributed by atoms with E-state index >= 15 is 0 Å². The number of ether oxygens (including phenoxy) is 2. The molecule has 1 fully saturated rings. The van der Waals surface area contributed by atoms with Crippen LogP contribution in [0.15, 0.2) is 29.3 Å². The summed E-state index contributed by atoms with van der Waals surface area (Å²) in [7, 11) is 0. The van der Waals surface area contributed by atoms with Crippen LogP contribution in [0.1, 0.15) is 81.7 Å². The van der Waals surface area contributed by atoms with Crippen LogP contribution in [0, 0.1) is 0 Å². The van der Waals surface area contributed by atoms with Crippen LogP contribution in [0.25, 0.3) is 0 Å². The van der Waals surface area contributed by atoms with E-state index in [2.05, 4.69) is 51.7 Å². The lowest BCUT2D eigenvalue weighted by atomic mass is 9.78. The molecule has 2 aromatic carbocycles. The highest BCUT2D eigenvalue weighted by Gasteiger charge is 2.42. The maximum absolute atomic E-state index is 6.61. The van der Waals surface area contributed by atoms with Gasteiger partial charge in [-0.15, -0.1) is 0 Å². The molecule has 0 amide bonds. The Bertz CT molecular complexity index is 1130. The van der Waals surface area contributed by atoms with Gasteiger partial charge in [-0.2, -0.15) is 0 Å². The molecule has 3 aliphatic rings. The Balaban J connectivity index is 1.77. The van der Waals surface area contributed by atoms with Gasteiger partial charge in [0.25, 0.3) is 0 Å². The van der Waals surface area contributed by atoms with Gasteiger partial charge in [0.2, 0.25) is 0 Å². The summed E-state index contributed by atoms with van der Waals surface area (Å²) in [5.41, 5.74) is 13.8. The Labute approximate surface area is 204 Å². The largest absolute Gasteiger partial charge is 0.490 e. The van der Waals surface area contributed by atoms with E-state index in [4.69, 9.17) is 20.2 Å². The van der Waals surface area contributed by atoms with E-state index in [-0.39, 0.29) is 11.1 Å². The van der Waals surface area contributed by atoms with E-state index in [1.54, 1.807) is 0 Å². The third-order valence-electron chi connectivity index (χ3n) is 7.24. The number of likely N-dealkylation sites (tertiary alicyclic amines) is 1. The Morgan fingerprint density at radius 3 is 2.53 bits per heavy atom. The van der Waals surface area contributed by atoms with Crippen molar-refractivity contribution in [2.45, 2.75) is 84.4 Å². The topological polar surface area (TPSA) is 60.1 Å². The molecule has 5 rings (SSSR count). The number of benzene rings is 2. The fourth-order valence-corrected chi connectivity index (χ4v) is 5.88. The van der Waals surface area contributed by atoms with Crippen molar-refractivity contribution < 1.29 is 9.47 Å². The van der Waals surface area contributed by atoms with E-state index < -0.39 is 0 Å². The summed E-state index contributed by atoms with van der Waals surface area (Å²) < 4.78 is 13.0. The number of rotatable bonds is 5. The van der Waals surface area contributed by atoms with Crippen molar-refractivity contribution in [3.05, 3.63) is 52.1 Å². The predicted octanol–water partition coefficient (Wildman–Crippen LogP) is 5.54. The summed E-state index contributed by atoms with van der Waals surface area (Å²) in [6.45, 7) is 14.7. The number of hydrogen-bond acceptors (Lipinski definition) is 5. The lowest BCUT2D eigenvalue weighted by Crippen LogP contribution is -2.34. The summed E-state index contributed by atoms with van der Waals surface area (Å²) in [5.74, 6) is 1.88. The number of hydrogen-bond donors (Lipinski definition) is 1. The molecule has 1 saturated heterocycles. The van der Waals surface area contributed by atoms with E-state index in [1.165, 1.54) is 41.5 Å². The fraction of sp³-hybridized carbons (Fsp3) is 0.552. The lowest BCUT2D eigenvalue weighted by molar-refractivity contribution is 0.131. The van der Waals surface area contributed by atoms with Gasteiger partial charge >= 0.3 is 0 Å². The minimum absolute atomic E-state index is 0.212. The number of anilines is 1. The van der Waals surface area contributed by atoms with E-state index in [1.807, 2.05) is 12.1 Å². The van der Waals surface area contributed by atoms with E-state index in [0.717, 1.165) is 60.9 Å². The van der Waals surface area contributed by atoms with Crippen LogP contribution in [0.4, 0.5) is 5.69 Å². The molecule has 182 valence electrons. The Hall–Kier alpha value is -2.53. The molecule has 2 N–H and O–H groups in total. The van der Waals surface area contributed by atoms with Crippen LogP contribution in [0.5, 0.6) is 11.5 Å². The minimum Gasteiger partial charge on any atom is -0.490 e. The summed E-state index contributed by atoms with van der Waals surface area (Å²) in [6, 6.07) is 8.15. The number of nitrogen functional groups attached to an aromatic ring is 1. The van der Waals surface area contributed by atoms with Gasteiger partial charge in [0.15, 0.2) is 11.5 Å². The minimum atomic E-state index is -0.278. The summed E-state index contributed by atoms with van der Waals surface area (Å²) in [5, 5.41) is 0. The molecule has 0 aliphatic carbocycles. The molecule has 0 spiro atoms. The predicted molar refractivity (Wildman–Crippen MR) is 139 cm³/mol. The van der Waals surface area contributed by atoms with Crippen molar-refractivity contribution >= 4 is 11.4 Å². The summed E-state index contributed by atoms with van der Waals surface area (Å²) in [4.78, 5) is 7.90. The maximum atomic E-state index is 6.61. The van der Waals surface area contributed by atoms with Crippen molar-refractivity contribution in [2.75, 3.05) is 25.4 Å². The first kappa shape index (κ1) is 23.2. The molecule has 3 aliphatic heterocycles. The first-order valence-corrected chi connectivity index (χ1v) is 12.9. The molecule has 0 atom stereocenters. The number of nitrogens with two attached hydrogens (primary N) is 1. The van der Waals surface area contributed by atoms with Crippen molar-refractivity contribution in [3.63, 3.8) is 0 Å². The zero-order chi connectivity index (χ0) is 24.1. The molecule has 0 unspecified atom stereocenters. The van der Waals surface area contributed by atoms with Crippen LogP contribution in [-0.2, 0) is 19.4 Å². The molecule has 0 bridgehead atoms. The van der Waals surface area contributed by atoms with Crippen LogP contribution in [0.2, 0.25) is 0 Å². The highest BCUT2D eigenvalue weighted by Crippen LogP contribution is 2.51. The second kappa shape index (κ2) is 8.60. The SMILES string of the molecule is CCOc1c(CN2CCCCC2)c2c(c3c1OC(C)(C)C3)C(c1cccc(N)c1)=NC(C)(C)C2. The molecule has 3 heterocycles. The number of fused-ring (bicyclic) bond motifs is 3. The van der Waals surface area contributed by atoms with Gasteiger partial charge in [0, 0.05) is 40.9 Å². The van der Waals surface area contributed by atoms with Gasteiger partial charge in [0.1, 0.15) is 5.60 Å². The van der Waals surface area contributed by atoms with Crippen LogP contribution < -0.4 is 15.2 Å². The standard InChI is InChI=1S/C29H39N3O2/c1-6-33-26-23(18-32-13-8-7-9-14-32)21-16-28(2,3)31-25(19-11-10-12-20(30)15-19)24(21)22-17-29(4,5)34-27(22)26/h10-12,15H,6-9,13-14,16-18,30H2,1-5H3. The first-order chi connectivity index (χ1) is 16.2. The molecule has 5 nitrogen and oxygen atoms in total.